The van der Waals surface area contributed by atoms with Crippen LogP contribution in [0.5, 0.6) is 11.5 Å². The van der Waals surface area contributed by atoms with Crippen LogP contribution in [0, 0.1) is 0 Å². The molecule has 7 heteroatoms. The number of benzene rings is 2. The summed E-state index contributed by atoms with van der Waals surface area (Å²) in [4.78, 5) is 23.9. The molecule has 0 bridgehead atoms. The SMILES string of the molecule is O=C(CCNC(=O)c1ccc(Br)cc1)NC[C@H]1COc2ccccc2O1. The van der Waals surface area contributed by atoms with Crippen molar-refractivity contribution in [3.63, 3.8) is 0 Å². The number of rotatable bonds is 6. The standard InChI is InChI=1S/C19H19BrN2O4/c20-14-7-5-13(6-8-14)19(24)21-10-9-18(23)22-11-15-12-25-16-3-1-2-4-17(16)26-15/h1-8,15H,9-12H2,(H,21,24)(H,22,23)/t15-/m0/s1. The van der Waals surface area contributed by atoms with Gasteiger partial charge < -0.3 is 20.1 Å². The molecule has 1 heterocycles. The number of hydrogen-bond donors (Lipinski definition) is 2. The number of ether oxygens (including phenoxy) is 2. The van der Waals surface area contributed by atoms with Crippen LogP contribution in [0.1, 0.15) is 16.8 Å². The van der Waals surface area contributed by atoms with Gasteiger partial charge in [0.25, 0.3) is 5.91 Å². The molecule has 136 valence electrons. The number of carbonyl (C=O) groups is 2. The molecule has 0 aliphatic carbocycles. The predicted octanol–water partition coefficient (Wildman–Crippen LogP) is 2.53. The minimum Gasteiger partial charge on any atom is -0.486 e. The number of hydrogen-bond acceptors (Lipinski definition) is 4. The van der Waals surface area contributed by atoms with Gasteiger partial charge in [-0.25, -0.2) is 0 Å². The van der Waals surface area contributed by atoms with E-state index < -0.39 is 0 Å². The van der Waals surface area contributed by atoms with Crippen molar-refractivity contribution in [3.8, 4) is 11.5 Å². The highest BCUT2D eigenvalue weighted by molar-refractivity contribution is 9.10. The van der Waals surface area contributed by atoms with Gasteiger partial charge in [0.15, 0.2) is 11.5 Å². The second kappa shape index (κ2) is 8.71. The van der Waals surface area contributed by atoms with Gasteiger partial charge in [-0.1, -0.05) is 28.1 Å². The quantitative estimate of drug-likeness (QED) is 0.755. The van der Waals surface area contributed by atoms with E-state index in [1.54, 1.807) is 24.3 Å². The zero-order valence-corrected chi connectivity index (χ0v) is 15.6. The van der Waals surface area contributed by atoms with Gasteiger partial charge in [0.1, 0.15) is 12.7 Å². The van der Waals surface area contributed by atoms with Crippen LogP contribution >= 0.6 is 15.9 Å². The number of amides is 2. The van der Waals surface area contributed by atoms with Gasteiger partial charge in [-0.05, 0) is 36.4 Å². The Morgan fingerprint density at radius 3 is 2.54 bits per heavy atom. The molecule has 0 fully saturated rings. The van der Waals surface area contributed by atoms with E-state index in [0.717, 1.165) is 4.47 Å². The lowest BCUT2D eigenvalue weighted by molar-refractivity contribution is -0.121. The van der Waals surface area contributed by atoms with Crippen molar-refractivity contribution in [2.24, 2.45) is 0 Å². The second-order valence-electron chi connectivity index (χ2n) is 5.81. The first-order chi connectivity index (χ1) is 12.6. The Morgan fingerprint density at radius 1 is 1.04 bits per heavy atom. The van der Waals surface area contributed by atoms with Crippen LogP contribution in [0.3, 0.4) is 0 Å². The first kappa shape index (κ1) is 18.3. The summed E-state index contributed by atoms with van der Waals surface area (Å²) in [5.41, 5.74) is 0.556. The Bertz CT molecular complexity index is 779. The van der Waals surface area contributed by atoms with E-state index in [0.29, 0.717) is 30.2 Å². The number of fused-ring (bicyclic) bond motifs is 1. The van der Waals surface area contributed by atoms with Gasteiger partial charge in [0.2, 0.25) is 5.91 Å². The molecule has 0 radical (unpaired) electrons. The summed E-state index contributed by atoms with van der Waals surface area (Å²) in [6, 6.07) is 14.5. The summed E-state index contributed by atoms with van der Waals surface area (Å²) in [7, 11) is 0. The van der Waals surface area contributed by atoms with E-state index in [2.05, 4.69) is 26.6 Å². The molecule has 0 spiro atoms. The third kappa shape index (κ3) is 4.98. The van der Waals surface area contributed by atoms with Gasteiger partial charge in [0.05, 0.1) is 6.54 Å². The number of para-hydroxylation sites is 2. The summed E-state index contributed by atoms with van der Waals surface area (Å²) < 4.78 is 12.3. The van der Waals surface area contributed by atoms with Crippen molar-refractivity contribution in [2.45, 2.75) is 12.5 Å². The van der Waals surface area contributed by atoms with Crippen molar-refractivity contribution < 1.29 is 19.1 Å². The minimum absolute atomic E-state index is 0.149. The first-order valence-corrected chi connectivity index (χ1v) is 9.10. The van der Waals surface area contributed by atoms with Crippen LogP contribution < -0.4 is 20.1 Å². The van der Waals surface area contributed by atoms with E-state index in [-0.39, 0.29) is 30.9 Å². The highest BCUT2D eigenvalue weighted by atomic mass is 79.9. The van der Waals surface area contributed by atoms with Crippen molar-refractivity contribution in [1.29, 1.82) is 0 Å². The largest absolute Gasteiger partial charge is 0.486 e. The predicted molar refractivity (Wildman–Crippen MR) is 100 cm³/mol. The molecule has 0 aromatic heterocycles. The van der Waals surface area contributed by atoms with Crippen molar-refractivity contribution in [1.82, 2.24) is 10.6 Å². The molecule has 2 aromatic rings. The van der Waals surface area contributed by atoms with E-state index in [1.807, 2.05) is 24.3 Å². The van der Waals surface area contributed by atoms with Crippen LogP contribution in [0.4, 0.5) is 0 Å². The minimum atomic E-state index is -0.230. The molecule has 1 atom stereocenters. The number of nitrogens with one attached hydrogen (secondary N) is 2. The molecule has 0 saturated heterocycles. The van der Waals surface area contributed by atoms with Crippen LogP contribution in [-0.4, -0.2) is 37.6 Å². The Balaban J connectivity index is 1.36. The molecule has 1 aliphatic heterocycles. The molecule has 3 rings (SSSR count). The first-order valence-electron chi connectivity index (χ1n) is 8.31. The lowest BCUT2D eigenvalue weighted by Crippen LogP contribution is -2.41. The van der Waals surface area contributed by atoms with Crippen LogP contribution in [0.25, 0.3) is 0 Å². The molecule has 2 amide bonds. The van der Waals surface area contributed by atoms with Gasteiger partial charge in [-0.2, -0.15) is 0 Å². The molecular formula is C19H19BrN2O4. The molecule has 1 aliphatic rings. The average Bonchev–Trinajstić information content (AvgIpc) is 2.66. The summed E-state index contributed by atoms with van der Waals surface area (Å²) in [6.07, 6.45) is -0.0295. The monoisotopic (exact) mass is 418 g/mol. The van der Waals surface area contributed by atoms with Crippen molar-refractivity contribution in [2.75, 3.05) is 19.7 Å². The molecule has 0 unspecified atom stereocenters. The summed E-state index contributed by atoms with van der Waals surface area (Å²) in [5.74, 6) is 1.04. The molecule has 0 saturated carbocycles. The Labute approximate surface area is 160 Å². The normalized spacial score (nSPS) is 15.2. The topological polar surface area (TPSA) is 76.7 Å². The summed E-state index contributed by atoms with van der Waals surface area (Å²) >= 11 is 3.32. The van der Waals surface area contributed by atoms with Crippen molar-refractivity contribution in [3.05, 3.63) is 58.6 Å². The molecule has 2 N–H and O–H groups in total. The molecule has 2 aromatic carbocycles. The van der Waals surface area contributed by atoms with Gasteiger partial charge in [-0.15, -0.1) is 0 Å². The van der Waals surface area contributed by atoms with E-state index in [9.17, 15) is 9.59 Å². The zero-order chi connectivity index (χ0) is 18.4. The second-order valence-corrected chi connectivity index (χ2v) is 6.73. The fourth-order valence-electron chi connectivity index (χ4n) is 2.47. The van der Waals surface area contributed by atoms with E-state index in [1.165, 1.54) is 0 Å². The van der Waals surface area contributed by atoms with Crippen LogP contribution in [0.2, 0.25) is 0 Å². The fraction of sp³-hybridized carbons (Fsp3) is 0.263. The maximum atomic E-state index is 12.0. The van der Waals surface area contributed by atoms with Crippen LogP contribution in [0.15, 0.2) is 53.0 Å². The maximum absolute atomic E-state index is 12.0. The lowest BCUT2D eigenvalue weighted by Gasteiger charge is -2.26. The highest BCUT2D eigenvalue weighted by Crippen LogP contribution is 2.30. The van der Waals surface area contributed by atoms with Gasteiger partial charge >= 0.3 is 0 Å². The Hall–Kier alpha value is -2.54. The molecule has 6 nitrogen and oxygen atoms in total. The average molecular weight is 419 g/mol. The Morgan fingerprint density at radius 2 is 1.77 bits per heavy atom. The van der Waals surface area contributed by atoms with Gasteiger partial charge in [0, 0.05) is 23.0 Å². The smallest absolute Gasteiger partial charge is 0.251 e. The third-order valence-corrected chi connectivity index (χ3v) is 4.37. The highest BCUT2D eigenvalue weighted by Gasteiger charge is 2.20. The Kier molecular flexibility index (Phi) is 6.12. The summed E-state index contributed by atoms with van der Waals surface area (Å²) in [6.45, 7) is 1.01. The fourth-order valence-corrected chi connectivity index (χ4v) is 2.74. The zero-order valence-electron chi connectivity index (χ0n) is 14.0. The lowest BCUT2D eigenvalue weighted by atomic mass is 10.2. The number of halogens is 1. The van der Waals surface area contributed by atoms with Crippen molar-refractivity contribution >= 4 is 27.7 Å². The van der Waals surface area contributed by atoms with E-state index >= 15 is 0 Å². The maximum Gasteiger partial charge on any atom is 0.251 e. The molecular weight excluding hydrogens is 400 g/mol. The third-order valence-electron chi connectivity index (χ3n) is 3.84. The summed E-state index contributed by atoms with van der Waals surface area (Å²) in [5, 5.41) is 5.53. The molecule has 26 heavy (non-hydrogen) atoms. The van der Waals surface area contributed by atoms with Crippen LogP contribution in [-0.2, 0) is 4.79 Å². The number of carbonyl (C=O) groups excluding carboxylic acids is 2. The van der Waals surface area contributed by atoms with Gasteiger partial charge in [-0.3, -0.25) is 9.59 Å². The van der Waals surface area contributed by atoms with E-state index in [4.69, 9.17) is 9.47 Å².